The van der Waals surface area contributed by atoms with Crippen molar-refractivity contribution in [2.75, 3.05) is 20.6 Å². The average Bonchev–Trinajstić information content (AvgIpc) is 2.49. The molecule has 0 saturated heterocycles. The van der Waals surface area contributed by atoms with E-state index in [9.17, 15) is 14.4 Å². The van der Waals surface area contributed by atoms with Crippen LogP contribution in [0.4, 0.5) is 4.79 Å². The molecule has 0 aromatic heterocycles. The van der Waals surface area contributed by atoms with Crippen molar-refractivity contribution in [1.82, 2.24) is 15.5 Å². The summed E-state index contributed by atoms with van der Waals surface area (Å²) in [5.74, 6) is -0.207. The van der Waals surface area contributed by atoms with E-state index in [4.69, 9.17) is 4.74 Å². The number of alkyl carbamates (subject to hydrolysis) is 1. The van der Waals surface area contributed by atoms with E-state index in [1.54, 1.807) is 14.1 Å². The van der Waals surface area contributed by atoms with Crippen LogP contribution in [-0.2, 0) is 20.9 Å². The summed E-state index contributed by atoms with van der Waals surface area (Å²) in [6.45, 7) is 0.0459. The fraction of sp³-hybridized carbons (Fsp3) is 0.357. The summed E-state index contributed by atoms with van der Waals surface area (Å²) in [4.78, 5) is 35.1. The Hall–Kier alpha value is -2.41. The number of carbonyl (C=O) groups is 3. The minimum Gasteiger partial charge on any atom is -0.445 e. The lowest BCUT2D eigenvalue weighted by Gasteiger charge is -2.16. The van der Waals surface area contributed by atoms with Crippen molar-refractivity contribution in [3.05, 3.63) is 35.9 Å². The van der Waals surface area contributed by atoms with Gasteiger partial charge in [-0.2, -0.15) is 0 Å². The van der Waals surface area contributed by atoms with Crippen LogP contribution in [0.5, 0.6) is 0 Å². The Labute approximate surface area is 123 Å². The van der Waals surface area contributed by atoms with E-state index in [1.807, 2.05) is 30.3 Å². The molecule has 0 saturated carbocycles. The maximum atomic E-state index is 11.5. The van der Waals surface area contributed by atoms with E-state index in [-0.39, 0.29) is 19.1 Å². The van der Waals surface area contributed by atoms with Gasteiger partial charge < -0.3 is 9.64 Å². The molecule has 21 heavy (non-hydrogen) atoms. The van der Waals surface area contributed by atoms with E-state index in [0.29, 0.717) is 6.29 Å². The van der Waals surface area contributed by atoms with Gasteiger partial charge in [0.1, 0.15) is 12.8 Å². The molecule has 0 aliphatic rings. The van der Waals surface area contributed by atoms with E-state index >= 15 is 0 Å². The van der Waals surface area contributed by atoms with Gasteiger partial charge in [-0.3, -0.25) is 20.2 Å². The van der Waals surface area contributed by atoms with Crippen LogP contribution < -0.4 is 10.6 Å². The number of amides is 2. The number of hydrogen-bond acceptors (Lipinski definition) is 5. The second-order valence-electron chi connectivity index (χ2n) is 4.49. The topological polar surface area (TPSA) is 87.7 Å². The number of benzene rings is 1. The lowest BCUT2D eigenvalue weighted by atomic mass is 10.2. The second-order valence-corrected chi connectivity index (χ2v) is 4.49. The first-order valence-electron chi connectivity index (χ1n) is 6.39. The maximum Gasteiger partial charge on any atom is 0.409 e. The first kappa shape index (κ1) is 16.6. The summed E-state index contributed by atoms with van der Waals surface area (Å²) >= 11 is 0. The summed E-state index contributed by atoms with van der Waals surface area (Å²) in [7, 11) is 3.20. The van der Waals surface area contributed by atoms with Crippen LogP contribution in [0.3, 0.4) is 0 Å². The number of carbonyl (C=O) groups excluding carboxylic acids is 3. The van der Waals surface area contributed by atoms with E-state index in [1.165, 1.54) is 4.90 Å². The Morgan fingerprint density at radius 2 is 1.95 bits per heavy atom. The normalized spacial score (nSPS) is 11.3. The predicted molar refractivity (Wildman–Crippen MR) is 76.3 cm³/mol. The molecule has 0 aliphatic heterocycles. The van der Waals surface area contributed by atoms with Crippen molar-refractivity contribution in [3.8, 4) is 0 Å². The van der Waals surface area contributed by atoms with Gasteiger partial charge in [-0.15, -0.1) is 0 Å². The second kappa shape index (κ2) is 8.70. The molecule has 1 unspecified atom stereocenters. The minimum atomic E-state index is -0.975. The summed E-state index contributed by atoms with van der Waals surface area (Å²) < 4.78 is 4.97. The van der Waals surface area contributed by atoms with E-state index in [0.717, 1.165) is 5.56 Å². The van der Waals surface area contributed by atoms with Gasteiger partial charge in [-0.05, 0) is 5.56 Å². The van der Waals surface area contributed by atoms with Crippen molar-refractivity contribution >= 4 is 18.3 Å². The van der Waals surface area contributed by atoms with Crippen LogP contribution in [-0.4, -0.2) is 50.0 Å². The number of likely N-dealkylation sites (N-methyl/N-ethyl adjacent to an activating group) is 1. The Bertz CT molecular complexity index is 476. The summed E-state index contributed by atoms with van der Waals surface area (Å²) in [6.07, 6.45) is -1.22. The lowest BCUT2D eigenvalue weighted by Crippen LogP contribution is -2.49. The molecule has 1 aromatic rings. The molecule has 0 aliphatic carbocycles. The van der Waals surface area contributed by atoms with Gasteiger partial charge >= 0.3 is 6.09 Å². The summed E-state index contributed by atoms with van der Waals surface area (Å²) in [5, 5.41) is 4.93. The average molecular weight is 293 g/mol. The van der Waals surface area contributed by atoms with Crippen molar-refractivity contribution in [2.24, 2.45) is 0 Å². The van der Waals surface area contributed by atoms with E-state index < -0.39 is 12.3 Å². The lowest BCUT2D eigenvalue weighted by molar-refractivity contribution is -0.128. The van der Waals surface area contributed by atoms with Gasteiger partial charge in [0.25, 0.3) is 0 Å². The molecule has 7 heteroatoms. The zero-order valence-electron chi connectivity index (χ0n) is 12.0. The van der Waals surface area contributed by atoms with Crippen molar-refractivity contribution in [2.45, 2.75) is 12.8 Å². The molecule has 0 radical (unpaired) electrons. The smallest absolute Gasteiger partial charge is 0.409 e. The van der Waals surface area contributed by atoms with Crippen molar-refractivity contribution < 1.29 is 19.1 Å². The largest absolute Gasteiger partial charge is 0.445 e. The molecular weight excluding hydrogens is 274 g/mol. The molecule has 0 spiro atoms. The first-order chi connectivity index (χ1) is 10.0. The van der Waals surface area contributed by atoms with Crippen LogP contribution in [0.2, 0.25) is 0 Å². The maximum absolute atomic E-state index is 11.5. The van der Waals surface area contributed by atoms with Gasteiger partial charge in [0.2, 0.25) is 5.91 Å². The first-order valence-corrected chi connectivity index (χ1v) is 6.39. The van der Waals surface area contributed by atoms with Crippen molar-refractivity contribution in [1.29, 1.82) is 0 Å². The third kappa shape index (κ3) is 6.53. The Balaban J connectivity index is 2.33. The van der Waals surface area contributed by atoms with Gasteiger partial charge in [0, 0.05) is 14.1 Å². The monoisotopic (exact) mass is 293 g/mol. The molecule has 0 fully saturated rings. The fourth-order valence-electron chi connectivity index (χ4n) is 1.38. The highest BCUT2D eigenvalue weighted by atomic mass is 16.5. The minimum absolute atomic E-state index is 0.0601. The molecule has 114 valence electrons. The highest BCUT2D eigenvalue weighted by molar-refractivity contribution is 5.78. The molecule has 1 atom stereocenters. The number of nitrogens with zero attached hydrogens (tertiary/aromatic N) is 1. The van der Waals surface area contributed by atoms with Crippen LogP contribution in [0, 0.1) is 0 Å². The van der Waals surface area contributed by atoms with Gasteiger partial charge in [-0.25, -0.2) is 4.79 Å². The van der Waals surface area contributed by atoms with Crippen LogP contribution in [0.15, 0.2) is 30.3 Å². The van der Waals surface area contributed by atoms with Gasteiger partial charge in [0.05, 0.1) is 6.54 Å². The van der Waals surface area contributed by atoms with Crippen LogP contribution in [0.25, 0.3) is 0 Å². The standard InChI is InChI=1S/C14H19N3O4/c1-17(2)13(19)8-15-12(9-18)16-14(20)21-10-11-6-4-3-5-7-11/h3-7,9,12,15H,8,10H2,1-2H3,(H,16,20). The quantitative estimate of drug-likeness (QED) is 0.550. The molecular formula is C14H19N3O4. The van der Waals surface area contributed by atoms with Crippen LogP contribution >= 0.6 is 0 Å². The number of ether oxygens (including phenoxy) is 1. The number of hydrogen-bond donors (Lipinski definition) is 2. The SMILES string of the molecule is CN(C)C(=O)CNC(C=O)NC(=O)OCc1ccccc1. The number of rotatable bonds is 7. The molecule has 0 bridgehead atoms. The molecule has 1 rings (SSSR count). The molecule has 0 heterocycles. The highest BCUT2D eigenvalue weighted by Gasteiger charge is 2.13. The fourth-order valence-corrected chi connectivity index (χ4v) is 1.38. The summed E-state index contributed by atoms with van der Waals surface area (Å²) in [6, 6.07) is 9.16. The van der Waals surface area contributed by atoms with Crippen molar-refractivity contribution in [3.63, 3.8) is 0 Å². The van der Waals surface area contributed by atoms with Crippen LogP contribution in [0.1, 0.15) is 5.56 Å². The van der Waals surface area contributed by atoms with E-state index in [2.05, 4.69) is 10.6 Å². The summed E-state index contributed by atoms with van der Waals surface area (Å²) in [5.41, 5.74) is 0.839. The highest BCUT2D eigenvalue weighted by Crippen LogP contribution is 2.00. The van der Waals surface area contributed by atoms with Gasteiger partial charge in [0.15, 0.2) is 6.29 Å². The Morgan fingerprint density at radius 1 is 1.29 bits per heavy atom. The Morgan fingerprint density at radius 3 is 2.52 bits per heavy atom. The third-order valence-corrected chi connectivity index (χ3v) is 2.59. The molecule has 7 nitrogen and oxygen atoms in total. The molecule has 2 N–H and O–H groups in total. The zero-order valence-corrected chi connectivity index (χ0v) is 12.0. The van der Waals surface area contributed by atoms with Gasteiger partial charge in [-0.1, -0.05) is 30.3 Å². The number of aldehydes is 1. The zero-order chi connectivity index (χ0) is 15.7. The third-order valence-electron chi connectivity index (χ3n) is 2.59. The number of nitrogens with one attached hydrogen (secondary N) is 2. The Kier molecular flexibility index (Phi) is 6.90. The predicted octanol–water partition coefficient (Wildman–Crippen LogP) is 0.116. The molecule has 2 amide bonds. The molecule has 1 aromatic carbocycles.